The molecule has 1 aliphatic rings. The molecule has 9 nitrogen and oxygen atoms in total. The lowest BCUT2D eigenvalue weighted by Gasteiger charge is -2.22. The minimum Gasteiger partial charge on any atom is -0.381 e. The number of ether oxygens (including phenoxy) is 1. The summed E-state index contributed by atoms with van der Waals surface area (Å²) >= 11 is 0. The van der Waals surface area contributed by atoms with E-state index >= 15 is 0 Å². The highest BCUT2D eigenvalue weighted by atomic mass is 31.2. The number of phosphoric ester groups is 1. The fourth-order valence-electron chi connectivity index (χ4n) is 1.83. The Balaban J connectivity index is 2.22. The lowest BCUT2D eigenvalue weighted by atomic mass is 10.2. The number of anilines is 1. The second-order valence-corrected chi connectivity index (χ2v) is 5.73. The molecule has 2 heterocycles. The maximum atomic E-state index is 14.2. The van der Waals surface area contributed by atoms with Crippen LogP contribution < -0.4 is 11.4 Å². The summed E-state index contributed by atoms with van der Waals surface area (Å²) in [7, 11) is -5.05. The van der Waals surface area contributed by atoms with E-state index in [1.807, 2.05) is 0 Å². The Morgan fingerprint density at radius 1 is 1.64 bits per heavy atom. The number of rotatable bonds is 4. The number of phosphoric acid groups is 1. The number of aromatic nitrogens is 2. The van der Waals surface area contributed by atoms with Crippen molar-refractivity contribution in [2.24, 2.45) is 0 Å². The number of halogens is 3. The standard InChI is InChI=1S/C9H11F3N3O6P/c10-4-2-15(8(16)14-7(4)13)6-1-5(11)9(12,21-6)3-20-22(17,18)19/h2,5-6H,1,3H2,(H2,13,14,16)(H2,17,18,19)/t5-,6+,9+/m0/s1. The predicted octanol–water partition coefficient (Wildman–Crippen LogP) is -0.00330. The van der Waals surface area contributed by atoms with E-state index in [9.17, 15) is 22.5 Å². The molecule has 0 aliphatic carbocycles. The first kappa shape index (κ1) is 16.9. The molecule has 0 aromatic carbocycles. The lowest BCUT2D eigenvalue weighted by Crippen LogP contribution is -2.37. The predicted molar refractivity (Wildman–Crippen MR) is 64.3 cm³/mol. The Morgan fingerprint density at radius 3 is 2.86 bits per heavy atom. The second-order valence-electron chi connectivity index (χ2n) is 4.49. The molecule has 0 spiro atoms. The van der Waals surface area contributed by atoms with Crippen LogP contribution in [0.2, 0.25) is 0 Å². The molecule has 0 bridgehead atoms. The highest BCUT2D eigenvalue weighted by molar-refractivity contribution is 7.46. The van der Waals surface area contributed by atoms with Gasteiger partial charge in [-0.3, -0.25) is 9.09 Å². The zero-order valence-corrected chi connectivity index (χ0v) is 11.6. The summed E-state index contributed by atoms with van der Waals surface area (Å²) in [5.41, 5.74) is 3.97. The summed E-state index contributed by atoms with van der Waals surface area (Å²) in [6, 6.07) is 0. The van der Waals surface area contributed by atoms with Crippen molar-refractivity contribution in [2.75, 3.05) is 12.3 Å². The van der Waals surface area contributed by atoms with Gasteiger partial charge in [-0.25, -0.2) is 22.5 Å². The van der Waals surface area contributed by atoms with E-state index in [0.717, 1.165) is 0 Å². The molecular weight excluding hydrogens is 334 g/mol. The molecule has 124 valence electrons. The van der Waals surface area contributed by atoms with Crippen molar-refractivity contribution in [2.45, 2.75) is 24.7 Å². The average molecular weight is 345 g/mol. The molecular formula is C9H11F3N3O6P. The smallest absolute Gasteiger partial charge is 0.381 e. The van der Waals surface area contributed by atoms with Crippen LogP contribution in [-0.2, 0) is 13.8 Å². The summed E-state index contributed by atoms with van der Waals surface area (Å²) < 4.78 is 60.7. The summed E-state index contributed by atoms with van der Waals surface area (Å²) in [5, 5.41) is 0. The molecule has 1 fully saturated rings. The first-order valence-electron chi connectivity index (χ1n) is 5.77. The van der Waals surface area contributed by atoms with Gasteiger partial charge in [0.05, 0.1) is 6.20 Å². The van der Waals surface area contributed by atoms with Crippen LogP contribution in [0.1, 0.15) is 12.6 Å². The molecule has 4 N–H and O–H groups in total. The fraction of sp³-hybridized carbons (Fsp3) is 0.556. The van der Waals surface area contributed by atoms with Gasteiger partial charge in [0.25, 0.3) is 5.85 Å². The largest absolute Gasteiger partial charge is 0.469 e. The van der Waals surface area contributed by atoms with Crippen LogP contribution in [0.3, 0.4) is 0 Å². The summed E-state index contributed by atoms with van der Waals surface area (Å²) in [4.78, 5) is 31.6. The van der Waals surface area contributed by atoms with Gasteiger partial charge in [-0.2, -0.15) is 4.98 Å². The van der Waals surface area contributed by atoms with Crippen molar-refractivity contribution in [1.82, 2.24) is 9.55 Å². The molecule has 3 atom stereocenters. The average Bonchev–Trinajstić information content (AvgIpc) is 2.68. The van der Waals surface area contributed by atoms with E-state index < -0.39 is 56.4 Å². The Bertz CT molecular complexity index is 681. The lowest BCUT2D eigenvalue weighted by molar-refractivity contribution is -0.193. The van der Waals surface area contributed by atoms with Crippen LogP contribution in [-0.4, -0.2) is 38.0 Å². The molecule has 1 saturated heterocycles. The van der Waals surface area contributed by atoms with Crippen LogP contribution in [0.25, 0.3) is 0 Å². The van der Waals surface area contributed by atoms with Crippen LogP contribution in [0.15, 0.2) is 11.0 Å². The third-order valence-electron chi connectivity index (χ3n) is 2.88. The number of nitrogen functional groups attached to an aromatic ring is 1. The van der Waals surface area contributed by atoms with E-state index in [2.05, 4.69) is 14.2 Å². The Morgan fingerprint density at radius 2 is 2.27 bits per heavy atom. The fourth-order valence-corrected chi connectivity index (χ4v) is 2.18. The molecule has 13 heteroatoms. The van der Waals surface area contributed by atoms with E-state index in [1.165, 1.54) is 0 Å². The molecule has 0 saturated carbocycles. The zero-order chi connectivity index (χ0) is 16.7. The molecule has 0 unspecified atom stereocenters. The van der Waals surface area contributed by atoms with Gasteiger partial charge in [-0.05, 0) is 0 Å². The van der Waals surface area contributed by atoms with Crippen molar-refractivity contribution in [3.63, 3.8) is 0 Å². The van der Waals surface area contributed by atoms with Crippen molar-refractivity contribution >= 4 is 13.6 Å². The Kier molecular flexibility index (Phi) is 4.33. The van der Waals surface area contributed by atoms with Gasteiger partial charge in [0.1, 0.15) is 12.8 Å². The minimum atomic E-state index is -5.05. The van der Waals surface area contributed by atoms with Crippen LogP contribution >= 0.6 is 7.82 Å². The molecule has 22 heavy (non-hydrogen) atoms. The first-order valence-corrected chi connectivity index (χ1v) is 7.30. The van der Waals surface area contributed by atoms with E-state index in [4.69, 9.17) is 15.5 Å². The van der Waals surface area contributed by atoms with E-state index in [-0.39, 0.29) is 0 Å². The molecule has 1 aromatic rings. The van der Waals surface area contributed by atoms with Gasteiger partial charge < -0.3 is 20.3 Å². The highest BCUT2D eigenvalue weighted by Crippen LogP contribution is 2.44. The van der Waals surface area contributed by atoms with Gasteiger partial charge in [-0.15, -0.1) is 0 Å². The van der Waals surface area contributed by atoms with Crippen molar-refractivity contribution < 1.29 is 36.8 Å². The van der Waals surface area contributed by atoms with Gasteiger partial charge in [0, 0.05) is 6.42 Å². The maximum absolute atomic E-state index is 14.2. The van der Waals surface area contributed by atoms with Crippen LogP contribution in [0.5, 0.6) is 0 Å². The second kappa shape index (κ2) is 5.63. The summed E-state index contributed by atoms with van der Waals surface area (Å²) in [5.74, 6) is -4.99. The van der Waals surface area contributed by atoms with Gasteiger partial charge in [-0.1, -0.05) is 0 Å². The minimum absolute atomic E-state index is 0.483. The van der Waals surface area contributed by atoms with Crippen molar-refractivity contribution in [1.29, 1.82) is 0 Å². The quantitative estimate of drug-likeness (QED) is 0.649. The van der Waals surface area contributed by atoms with Crippen LogP contribution in [0.4, 0.5) is 19.0 Å². The number of nitrogens with two attached hydrogens (primary N) is 1. The molecule has 1 aromatic heterocycles. The van der Waals surface area contributed by atoms with Crippen molar-refractivity contribution in [3.05, 3.63) is 22.5 Å². The summed E-state index contributed by atoms with van der Waals surface area (Å²) in [6.45, 7) is -1.41. The number of hydrogen-bond acceptors (Lipinski definition) is 6. The maximum Gasteiger partial charge on any atom is 0.469 e. The third-order valence-corrected chi connectivity index (χ3v) is 3.35. The molecule has 1 aliphatic heterocycles. The summed E-state index contributed by atoms with van der Waals surface area (Å²) in [6.07, 6.45) is -4.09. The highest BCUT2D eigenvalue weighted by Gasteiger charge is 2.52. The zero-order valence-electron chi connectivity index (χ0n) is 10.7. The first-order chi connectivity index (χ1) is 10.0. The number of alkyl halides is 2. The van der Waals surface area contributed by atoms with Crippen LogP contribution in [0, 0.1) is 5.82 Å². The van der Waals surface area contributed by atoms with Crippen molar-refractivity contribution in [3.8, 4) is 0 Å². The molecule has 0 amide bonds. The molecule has 0 radical (unpaired) electrons. The van der Waals surface area contributed by atoms with Gasteiger partial charge in [0.2, 0.25) is 0 Å². The topological polar surface area (TPSA) is 137 Å². The van der Waals surface area contributed by atoms with Gasteiger partial charge >= 0.3 is 13.5 Å². The molecule has 2 rings (SSSR count). The normalized spacial score (nSPS) is 29.0. The van der Waals surface area contributed by atoms with Gasteiger partial charge in [0.15, 0.2) is 17.8 Å². The third kappa shape index (κ3) is 3.47. The van der Waals surface area contributed by atoms with E-state index in [0.29, 0.717) is 10.8 Å². The Labute approximate surface area is 120 Å². The van der Waals surface area contributed by atoms with E-state index in [1.54, 1.807) is 0 Å². The number of hydrogen-bond donors (Lipinski definition) is 3. The monoisotopic (exact) mass is 345 g/mol. The number of nitrogens with zero attached hydrogens (tertiary/aromatic N) is 2. The SMILES string of the molecule is Nc1nc(=O)n([C@H]2C[C@H](F)[C@@](F)(COP(=O)(O)O)O2)cc1F. The Hall–Kier alpha value is -1.46.